The van der Waals surface area contributed by atoms with Crippen LogP contribution in [0.3, 0.4) is 0 Å². The molecule has 3 aromatic carbocycles. The van der Waals surface area contributed by atoms with Gasteiger partial charge in [-0.2, -0.15) is 5.10 Å². The zero-order valence-electron chi connectivity index (χ0n) is 21.7. The third-order valence-corrected chi connectivity index (χ3v) is 6.39. The fourth-order valence-corrected chi connectivity index (χ4v) is 4.45. The zero-order valence-corrected chi connectivity index (χ0v) is 21.7. The third kappa shape index (κ3) is 5.17. The van der Waals surface area contributed by atoms with Crippen LogP contribution in [0.2, 0.25) is 0 Å². The molecule has 0 amide bonds. The number of fused-ring (bicyclic) bond motifs is 1. The average Bonchev–Trinajstić information content (AvgIpc) is 3.26. The molecule has 0 saturated carbocycles. The number of carbonyl (C=O) groups excluding carboxylic acids is 1. The summed E-state index contributed by atoms with van der Waals surface area (Å²) in [7, 11) is 4.49. The van der Waals surface area contributed by atoms with Crippen molar-refractivity contribution in [1.82, 2.24) is 19.3 Å². The van der Waals surface area contributed by atoms with Crippen LogP contribution in [0.1, 0.15) is 21.5 Å². The highest BCUT2D eigenvalue weighted by molar-refractivity contribution is 5.89. The smallest absolute Gasteiger partial charge is 0.337 e. The van der Waals surface area contributed by atoms with E-state index in [0.29, 0.717) is 40.8 Å². The molecule has 0 aliphatic heterocycles. The second-order valence-corrected chi connectivity index (χ2v) is 8.86. The summed E-state index contributed by atoms with van der Waals surface area (Å²) in [6.07, 6.45) is 0. The van der Waals surface area contributed by atoms with Crippen LogP contribution < -0.4 is 20.8 Å². The Balaban J connectivity index is 1.45. The minimum atomic E-state index is -0.438. The Morgan fingerprint density at radius 1 is 0.872 bits per heavy atom. The summed E-state index contributed by atoms with van der Waals surface area (Å²) in [6, 6.07) is 21.6. The van der Waals surface area contributed by atoms with E-state index in [2.05, 4.69) is 10.1 Å². The third-order valence-electron chi connectivity index (χ3n) is 6.39. The number of rotatable bonds is 8. The first-order valence-electron chi connectivity index (χ1n) is 12.1. The highest BCUT2D eigenvalue weighted by Gasteiger charge is 2.15. The Hall–Kier alpha value is -5.12. The van der Waals surface area contributed by atoms with E-state index in [1.807, 2.05) is 41.0 Å². The van der Waals surface area contributed by atoms with Gasteiger partial charge in [0.15, 0.2) is 11.5 Å². The van der Waals surface area contributed by atoms with Gasteiger partial charge in [-0.15, -0.1) is 0 Å². The molecule has 5 aromatic rings. The van der Waals surface area contributed by atoms with E-state index in [0.717, 1.165) is 22.2 Å². The van der Waals surface area contributed by atoms with Gasteiger partial charge in [0.2, 0.25) is 5.95 Å². The van der Waals surface area contributed by atoms with E-state index in [1.54, 1.807) is 44.6 Å². The predicted molar refractivity (Wildman–Crippen MR) is 147 cm³/mol. The Morgan fingerprint density at radius 3 is 2.33 bits per heavy atom. The molecule has 10 heteroatoms. The van der Waals surface area contributed by atoms with Gasteiger partial charge in [-0.25, -0.2) is 14.5 Å². The summed E-state index contributed by atoms with van der Waals surface area (Å²) < 4.78 is 18.9. The molecular formula is C29H27N5O5. The molecule has 39 heavy (non-hydrogen) atoms. The largest absolute Gasteiger partial charge is 0.493 e. The highest BCUT2D eigenvalue weighted by Crippen LogP contribution is 2.33. The van der Waals surface area contributed by atoms with Crippen molar-refractivity contribution in [3.05, 3.63) is 99.8 Å². The van der Waals surface area contributed by atoms with Crippen molar-refractivity contribution in [2.75, 3.05) is 27.1 Å². The molecule has 2 N–H and O–H groups in total. The molecule has 0 radical (unpaired) electrons. The van der Waals surface area contributed by atoms with Gasteiger partial charge in [0.05, 0.1) is 56.7 Å². The van der Waals surface area contributed by atoms with E-state index < -0.39 is 5.97 Å². The summed E-state index contributed by atoms with van der Waals surface area (Å²) in [5.41, 5.74) is 11.2. The molecular weight excluding hydrogens is 498 g/mol. The molecule has 0 aliphatic carbocycles. The summed E-state index contributed by atoms with van der Waals surface area (Å²) in [6.45, 7) is 0.672. The number of anilines is 1. The number of aromatic nitrogens is 4. The van der Waals surface area contributed by atoms with E-state index >= 15 is 0 Å². The van der Waals surface area contributed by atoms with Crippen LogP contribution in [0.5, 0.6) is 11.5 Å². The molecule has 0 fully saturated rings. The van der Waals surface area contributed by atoms with Crippen molar-refractivity contribution in [2.45, 2.75) is 13.1 Å². The minimum absolute atomic E-state index is 0.208. The fourth-order valence-electron chi connectivity index (χ4n) is 4.45. The molecule has 2 aromatic heterocycles. The summed E-state index contributed by atoms with van der Waals surface area (Å²) in [5.74, 6) is 1.09. The lowest BCUT2D eigenvalue weighted by atomic mass is 10.1. The molecule has 0 saturated heterocycles. The second kappa shape index (κ2) is 10.7. The SMILES string of the molecule is COC(=O)c1cccc(Cn2nc(-c3cccc(Cn4c(N)nc5cc(OC)c(OC)cc54)c3)ccc2=O)c1. The fraction of sp³-hybridized carbons (Fsp3) is 0.172. The number of ether oxygens (including phenoxy) is 3. The Morgan fingerprint density at radius 2 is 1.59 bits per heavy atom. The molecule has 0 spiro atoms. The Bertz CT molecular complexity index is 1740. The zero-order chi connectivity index (χ0) is 27.5. The molecule has 0 atom stereocenters. The van der Waals surface area contributed by atoms with Crippen LogP contribution in [-0.4, -0.2) is 46.6 Å². The van der Waals surface area contributed by atoms with Gasteiger partial charge in [-0.05, 0) is 35.4 Å². The van der Waals surface area contributed by atoms with Crippen molar-refractivity contribution in [3.63, 3.8) is 0 Å². The molecule has 10 nitrogen and oxygen atoms in total. The molecule has 0 aliphatic rings. The highest BCUT2D eigenvalue weighted by atomic mass is 16.5. The van der Waals surface area contributed by atoms with Crippen LogP contribution in [0.15, 0.2) is 77.6 Å². The maximum Gasteiger partial charge on any atom is 0.337 e. The molecule has 2 heterocycles. The van der Waals surface area contributed by atoms with Gasteiger partial charge >= 0.3 is 5.97 Å². The van der Waals surface area contributed by atoms with Crippen LogP contribution in [0, 0.1) is 0 Å². The first kappa shape index (κ1) is 25.5. The summed E-state index contributed by atoms with van der Waals surface area (Å²) in [4.78, 5) is 29.0. The molecule has 198 valence electrons. The van der Waals surface area contributed by atoms with E-state index in [-0.39, 0.29) is 12.1 Å². The minimum Gasteiger partial charge on any atom is -0.493 e. The van der Waals surface area contributed by atoms with Gasteiger partial charge in [0.1, 0.15) is 0 Å². The molecule has 0 bridgehead atoms. The van der Waals surface area contributed by atoms with Gasteiger partial charge in [-0.1, -0.05) is 30.3 Å². The number of hydrogen-bond acceptors (Lipinski definition) is 8. The number of nitrogens with two attached hydrogens (primary N) is 1. The summed E-state index contributed by atoms with van der Waals surface area (Å²) in [5, 5.41) is 4.59. The van der Waals surface area contributed by atoms with Crippen molar-refractivity contribution in [3.8, 4) is 22.8 Å². The number of imidazole rings is 1. The standard InChI is InChI=1S/C29H27N5O5/c1-37-25-14-23-24(15-26(25)38-2)33(29(30)31-23)16-18-6-4-8-20(12-18)22-10-11-27(35)34(32-22)17-19-7-5-9-21(13-19)28(36)39-3/h4-15H,16-17H2,1-3H3,(H2,30,31). The lowest BCUT2D eigenvalue weighted by Gasteiger charge is -2.11. The number of esters is 1. The van der Waals surface area contributed by atoms with Crippen LogP contribution in [0.4, 0.5) is 5.95 Å². The molecule has 0 unspecified atom stereocenters. The van der Waals surface area contributed by atoms with Gasteiger partial charge in [-0.3, -0.25) is 4.79 Å². The van der Waals surface area contributed by atoms with Crippen LogP contribution >= 0.6 is 0 Å². The van der Waals surface area contributed by atoms with E-state index in [9.17, 15) is 9.59 Å². The predicted octanol–water partition coefficient (Wildman–Crippen LogP) is 3.74. The van der Waals surface area contributed by atoms with E-state index in [1.165, 1.54) is 17.9 Å². The quantitative estimate of drug-likeness (QED) is 0.304. The van der Waals surface area contributed by atoms with Gasteiger partial charge in [0.25, 0.3) is 5.56 Å². The first-order chi connectivity index (χ1) is 18.9. The number of carbonyl (C=O) groups is 1. The topological polar surface area (TPSA) is 123 Å². The Labute approximate surface area is 224 Å². The summed E-state index contributed by atoms with van der Waals surface area (Å²) >= 11 is 0. The van der Waals surface area contributed by atoms with Crippen LogP contribution in [-0.2, 0) is 17.8 Å². The lowest BCUT2D eigenvalue weighted by Crippen LogP contribution is -2.23. The normalized spacial score (nSPS) is 10.9. The lowest BCUT2D eigenvalue weighted by molar-refractivity contribution is 0.0600. The van der Waals surface area contributed by atoms with Gasteiger partial charge < -0.3 is 24.5 Å². The van der Waals surface area contributed by atoms with Crippen molar-refractivity contribution in [2.24, 2.45) is 0 Å². The van der Waals surface area contributed by atoms with Crippen LogP contribution in [0.25, 0.3) is 22.3 Å². The number of nitrogens with zero attached hydrogens (tertiary/aromatic N) is 4. The van der Waals surface area contributed by atoms with Crippen molar-refractivity contribution >= 4 is 23.0 Å². The average molecular weight is 526 g/mol. The first-order valence-corrected chi connectivity index (χ1v) is 12.1. The second-order valence-electron chi connectivity index (χ2n) is 8.86. The van der Waals surface area contributed by atoms with E-state index in [4.69, 9.17) is 19.9 Å². The monoisotopic (exact) mass is 525 g/mol. The Kier molecular flexibility index (Phi) is 7.00. The molecule has 5 rings (SSSR count). The van der Waals surface area contributed by atoms with Gasteiger partial charge in [0, 0.05) is 23.8 Å². The van der Waals surface area contributed by atoms with Crippen molar-refractivity contribution < 1.29 is 19.0 Å². The number of methoxy groups -OCH3 is 3. The maximum atomic E-state index is 12.6. The number of nitrogen functional groups attached to an aromatic ring is 1. The number of benzene rings is 3. The number of hydrogen-bond donors (Lipinski definition) is 1. The maximum absolute atomic E-state index is 12.6. The van der Waals surface area contributed by atoms with Crippen molar-refractivity contribution in [1.29, 1.82) is 0 Å².